The van der Waals surface area contributed by atoms with E-state index in [0.717, 1.165) is 6.07 Å². The summed E-state index contributed by atoms with van der Waals surface area (Å²) in [6.07, 6.45) is -3.19. The van der Waals surface area contributed by atoms with Crippen molar-refractivity contribution in [2.75, 3.05) is 0 Å². The third kappa shape index (κ3) is 2.24. The van der Waals surface area contributed by atoms with E-state index in [1.807, 2.05) is 0 Å². The Hall–Kier alpha value is -2.02. The van der Waals surface area contributed by atoms with E-state index in [1.54, 1.807) is 11.5 Å². The molecule has 108 valence electrons. The van der Waals surface area contributed by atoms with Crippen molar-refractivity contribution in [3.8, 4) is 0 Å². The smallest absolute Gasteiger partial charge is 0.417 e. The molecule has 0 radical (unpaired) electrons. The van der Waals surface area contributed by atoms with Gasteiger partial charge in [-0.3, -0.25) is 4.79 Å². The molecule has 0 bridgehead atoms. The van der Waals surface area contributed by atoms with Gasteiger partial charge in [-0.1, -0.05) is 6.07 Å². The molecule has 0 saturated heterocycles. The Morgan fingerprint density at radius 1 is 1.45 bits per heavy atom. The Balaban J connectivity index is 2.84. The highest BCUT2D eigenvalue weighted by Crippen LogP contribution is 2.38. The number of rotatable bonds is 3. The molecule has 1 heterocycles. The van der Waals surface area contributed by atoms with Crippen LogP contribution in [0, 0.1) is 0 Å². The van der Waals surface area contributed by atoms with E-state index in [4.69, 9.17) is 10.8 Å². The normalized spacial score (nSPS) is 13.7. The molecule has 1 aromatic carbocycles. The molecule has 0 aliphatic rings. The number of fused-ring (bicyclic) bond motifs is 1. The molecule has 0 aliphatic heterocycles. The van der Waals surface area contributed by atoms with Gasteiger partial charge in [-0.2, -0.15) is 13.2 Å². The van der Waals surface area contributed by atoms with E-state index in [2.05, 4.69) is 0 Å². The van der Waals surface area contributed by atoms with Crippen LogP contribution < -0.4 is 5.73 Å². The van der Waals surface area contributed by atoms with E-state index in [1.165, 1.54) is 18.3 Å². The fourth-order valence-electron chi connectivity index (χ4n) is 2.25. The minimum Gasteiger partial charge on any atom is -0.480 e. The minimum atomic E-state index is -4.56. The first kappa shape index (κ1) is 14.4. The van der Waals surface area contributed by atoms with Crippen molar-refractivity contribution >= 4 is 16.9 Å². The van der Waals surface area contributed by atoms with E-state index >= 15 is 0 Å². The second-order valence-corrected chi connectivity index (χ2v) is 4.38. The molecular formula is C13H13F3N2O2. The summed E-state index contributed by atoms with van der Waals surface area (Å²) in [4.78, 5) is 11.0. The van der Waals surface area contributed by atoms with Gasteiger partial charge in [0.25, 0.3) is 0 Å². The number of aryl methyl sites for hydroxylation is 1. The first-order valence-corrected chi connectivity index (χ1v) is 5.94. The number of carboxylic acid groups (broad SMARTS) is 1. The van der Waals surface area contributed by atoms with Gasteiger partial charge in [0.1, 0.15) is 6.04 Å². The SMILES string of the molecule is CCn1cc(C(N)C(=O)O)c2c(C(F)(F)F)cccc21. The van der Waals surface area contributed by atoms with Crippen molar-refractivity contribution in [1.29, 1.82) is 0 Å². The summed E-state index contributed by atoms with van der Waals surface area (Å²) >= 11 is 0. The predicted molar refractivity (Wildman–Crippen MR) is 67.2 cm³/mol. The highest BCUT2D eigenvalue weighted by molar-refractivity contribution is 5.92. The average molecular weight is 286 g/mol. The molecule has 7 heteroatoms. The molecule has 4 nitrogen and oxygen atoms in total. The molecule has 0 aliphatic carbocycles. The number of benzene rings is 1. The number of hydrogen-bond acceptors (Lipinski definition) is 2. The van der Waals surface area contributed by atoms with Gasteiger partial charge in [-0.05, 0) is 19.1 Å². The van der Waals surface area contributed by atoms with Crippen LogP contribution in [0.3, 0.4) is 0 Å². The second-order valence-electron chi connectivity index (χ2n) is 4.38. The number of carboxylic acids is 1. The molecule has 0 fully saturated rings. The number of nitrogens with two attached hydrogens (primary N) is 1. The number of aliphatic carboxylic acids is 1. The largest absolute Gasteiger partial charge is 0.480 e. The maximum atomic E-state index is 13.1. The quantitative estimate of drug-likeness (QED) is 0.911. The van der Waals surface area contributed by atoms with Crippen molar-refractivity contribution in [1.82, 2.24) is 4.57 Å². The number of alkyl halides is 3. The predicted octanol–water partition coefficient (Wildman–Crippen LogP) is 2.76. The fourth-order valence-corrected chi connectivity index (χ4v) is 2.25. The van der Waals surface area contributed by atoms with Crippen molar-refractivity contribution in [2.45, 2.75) is 25.7 Å². The maximum absolute atomic E-state index is 13.1. The van der Waals surface area contributed by atoms with E-state index in [0.29, 0.717) is 12.1 Å². The maximum Gasteiger partial charge on any atom is 0.417 e. The zero-order valence-electron chi connectivity index (χ0n) is 10.6. The number of nitrogens with zero attached hydrogens (tertiary/aromatic N) is 1. The van der Waals surface area contributed by atoms with Gasteiger partial charge in [0, 0.05) is 29.2 Å². The summed E-state index contributed by atoms with van der Waals surface area (Å²) in [7, 11) is 0. The summed E-state index contributed by atoms with van der Waals surface area (Å²) in [5.74, 6) is -1.36. The van der Waals surface area contributed by atoms with Gasteiger partial charge < -0.3 is 15.4 Å². The Kier molecular flexibility index (Phi) is 3.47. The molecule has 0 amide bonds. The van der Waals surface area contributed by atoms with Crippen LogP contribution in [0.5, 0.6) is 0 Å². The van der Waals surface area contributed by atoms with Crippen molar-refractivity contribution < 1.29 is 23.1 Å². The van der Waals surface area contributed by atoms with Crippen LogP contribution in [0.25, 0.3) is 10.9 Å². The topological polar surface area (TPSA) is 68.2 Å². The Morgan fingerprint density at radius 2 is 2.10 bits per heavy atom. The van der Waals surface area contributed by atoms with Gasteiger partial charge in [0.15, 0.2) is 0 Å². The van der Waals surface area contributed by atoms with Crippen LogP contribution in [0.1, 0.15) is 24.1 Å². The second kappa shape index (κ2) is 4.82. The summed E-state index contributed by atoms with van der Waals surface area (Å²) in [5, 5.41) is 8.81. The monoisotopic (exact) mass is 286 g/mol. The van der Waals surface area contributed by atoms with Crippen LogP contribution in [0.15, 0.2) is 24.4 Å². The van der Waals surface area contributed by atoms with E-state index in [-0.39, 0.29) is 10.9 Å². The van der Waals surface area contributed by atoms with Crippen LogP contribution in [0.4, 0.5) is 13.2 Å². The zero-order valence-corrected chi connectivity index (χ0v) is 10.6. The zero-order chi connectivity index (χ0) is 15.1. The third-order valence-electron chi connectivity index (χ3n) is 3.18. The van der Waals surface area contributed by atoms with Crippen LogP contribution >= 0.6 is 0 Å². The Bertz CT molecular complexity index is 661. The van der Waals surface area contributed by atoms with Gasteiger partial charge in [0.2, 0.25) is 0 Å². The molecule has 3 N–H and O–H groups in total. The Labute approximate surface area is 112 Å². The number of halogens is 3. The van der Waals surface area contributed by atoms with Crippen LogP contribution in [-0.4, -0.2) is 15.6 Å². The highest BCUT2D eigenvalue weighted by Gasteiger charge is 2.35. The van der Waals surface area contributed by atoms with Crippen molar-refractivity contribution in [3.63, 3.8) is 0 Å². The number of carbonyl (C=O) groups is 1. The average Bonchev–Trinajstić information content (AvgIpc) is 2.74. The number of aromatic nitrogens is 1. The lowest BCUT2D eigenvalue weighted by Crippen LogP contribution is -2.21. The van der Waals surface area contributed by atoms with Crippen LogP contribution in [0.2, 0.25) is 0 Å². The molecule has 1 unspecified atom stereocenters. The lowest BCUT2D eigenvalue weighted by Gasteiger charge is -2.11. The van der Waals surface area contributed by atoms with E-state index in [9.17, 15) is 18.0 Å². The number of hydrogen-bond donors (Lipinski definition) is 2. The fraction of sp³-hybridized carbons (Fsp3) is 0.308. The van der Waals surface area contributed by atoms with E-state index < -0.39 is 23.8 Å². The summed E-state index contributed by atoms with van der Waals surface area (Å²) in [6, 6.07) is 2.26. The minimum absolute atomic E-state index is 0.0257. The molecule has 2 rings (SSSR count). The summed E-state index contributed by atoms with van der Waals surface area (Å²) in [5.41, 5.74) is 4.94. The molecular weight excluding hydrogens is 273 g/mol. The molecule has 2 aromatic rings. The standard InChI is InChI=1S/C13H13F3N2O2/c1-2-18-6-7(11(17)12(19)20)10-8(13(14,15)16)4-3-5-9(10)18/h3-6,11H,2,17H2,1H3,(H,19,20). The summed E-state index contributed by atoms with van der Waals surface area (Å²) in [6.45, 7) is 2.18. The molecule has 20 heavy (non-hydrogen) atoms. The van der Waals surface area contributed by atoms with Gasteiger partial charge in [-0.25, -0.2) is 0 Å². The van der Waals surface area contributed by atoms with Crippen LogP contribution in [-0.2, 0) is 17.5 Å². The van der Waals surface area contributed by atoms with Crippen molar-refractivity contribution in [3.05, 3.63) is 35.5 Å². The Morgan fingerprint density at radius 3 is 2.60 bits per heavy atom. The first-order chi connectivity index (χ1) is 9.27. The lowest BCUT2D eigenvalue weighted by atomic mass is 10.0. The highest BCUT2D eigenvalue weighted by atomic mass is 19.4. The molecule has 0 spiro atoms. The molecule has 1 atom stereocenters. The summed E-state index contributed by atoms with van der Waals surface area (Å²) < 4.78 is 40.8. The van der Waals surface area contributed by atoms with Gasteiger partial charge >= 0.3 is 12.1 Å². The third-order valence-corrected chi connectivity index (χ3v) is 3.18. The molecule has 0 saturated carbocycles. The first-order valence-electron chi connectivity index (χ1n) is 5.94. The lowest BCUT2D eigenvalue weighted by molar-refractivity contribution is -0.139. The van der Waals surface area contributed by atoms with Gasteiger partial charge in [-0.15, -0.1) is 0 Å². The molecule has 1 aromatic heterocycles. The van der Waals surface area contributed by atoms with Crippen molar-refractivity contribution in [2.24, 2.45) is 5.73 Å². The van der Waals surface area contributed by atoms with Gasteiger partial charge in [0.05, 0.1) is 5.56 Å².